The second-order valence-corrected chi connectivity index (χ2v) is 5.78. The Bertz CT molecular complexity index is 833. The Hall–Kier alpha value is -3.49. The lowest BCUT2D eigenvalue weighted by molar-refractivity contribution is -0.394. The molecule has 9 nitrogen and oxygen atoms in total. The van der Waals surface area contributed by atoms with Crippen LogP contribution in [0.3, 0.4) is 0 Å². The zero-order chi connectivity index (χ0) is 19.3. The largest absolute Gasteiger partial charge is 0.477 e. The van der Waals surface area contributed by atoms with Crippen LogP contribution in [0.2, 0.25) is 0 Å². The standard InChI is InChI=1S/C17H17N3O6/c1-11(2)12-3-5-13(6-4-12)18-17(21)10-26-16-8-7-14(19(22)23)9-15(16)20(24)25/h3-9,11H,10H2,1-2H3,(H,18,21). The number of hydrogen-bond acceptors (Lipinski definition) is 6. The minimum atomic E-state index is -0.801. The second-order valence-electron chi connectivity index (χ2n) is 5.78. The molecule has 2 rings (SSSR count). The molecule has 2 aromatic rings. The van der Waals surface area contributed by atoms with Crippen molar-refractivity contribution in [1.82, 2.24) is 0 Å². The molecule has 0 saturated heterocycles. The third-order valence-corrected chi connectivity index (χ3v) is 3.57. The molecule has 0 unspecified atom stereocenters. The van der Waals surface area contributed by atoms with Crippen LogP contribution in [0.1, 0.15) is 25.3 Å². The highest BCUT2D eigenvalue weighted by Gasteiger charge is 2.21. The van der Waals surface area contributed by atoms with Crippen LogP contribution in [0, 0.1) is 20.2 Å². The molecule has 0 bridgehead atoms. The van der Waals surface area contributed by atoms with E-state index in [4.69, 9.17) is 4.74 Å². The van der Waals surface area contributed by atoms with Gasteiger partial charge in [0.1, 0.15) is 0 Å². The molecule has 0 heterocycles. The van der Waals surface area contributed by atoms with E-state index in [9.17, 15) is 25.0 Å². The van der Waals surface area contributed by atoms with Gasteiger partial charge in [0.15, 0.2) is 12.4 Å². The summed E-state index contributed by atoms with van der Waals surface area (Å²) in [6.07, 6.45) is 0. The highest BCUT2D eigenvalue weighted by Crippen LogP contribution is 2.30. The Morgan fingerprint density at radius 3 is 2.27 bits per heavy atom. The van der Waals surface area contributed by atoms with Crippen molar-refractivity contribution in [3.8, 4) is 5.75 Å². The predicted molar refractivity (Wildman–Crippen MR) is 94.4 cm³/mol. The molecule has 0 spiro atoms. The van der Waals surface area contributed by atoms with Gasteiger partial charge >= 0.3 is 5.69 Å². The number of hydrogen-bond donors (Lipinski definition) is 1. The van der Waals surface area contributed by atoms with Gasteiger partial charge in [0, 0.05) is 11.8 Å². The SMILES string of the molecule is CC(C)c1ccc(NC(=O)COc2ccc([N+](=O)[O-])cc2[N+](=O)[O-])cc1. The van der Waals surface area contributed by atoms with Crippen LogP contribution < -0.4 is 10.1 Å². The fourth-order valence-electron chi connectivity index (χ4n) is 2.18. The molecule has 136 valence electrons. The molecule has 0 aliphatic heterocycles. The maximum absolute atomic E-state index is 11.9. The summed E-state index contributed by atoms with van der Waals surface area (Å²) in [5.74, 6) is -0.355. The van der Waals surface area contributed by atoms with Crippen LogP contribution in [0.25, 0.3) is 0 Å². The number of rotatable bonds is 7. The first-order valence-electron chi connectivity index (χ1n) is 7.73. The molecule has 0 fully saturated rings. The Labute approximate surface area is 148 Å². The molecule has 2 aromatic carbocycles. The molecule has 0 aromatic heterocycles. The molecular formula is C17H17N3O6. The van der Waals surface area contributed by atoms with Gasteiger partial charge in [-0.1, -0.05) is 26.0 Å². The van der Waals surface area contributed by atoms with Crippen LogP contribution in [0.15, 0.2) is 42.5 Å². The normalized spacial score (nSPS) is 10.4. The van der Waals surface area contributed by atoms with E-state index in [1.165, 1.54) is 0 Å². The van der Waals surface area contributed by atoms with Crippen molar-refractivity contribution >= 4 is 23.0 Å². The topological polar surface area (TPSA) is 125 Å². The fraction of sp³-hybridized carbons (Fsp3) is 0.235. The summed E-state index contributed by atoms with van der Waals surface area (Å²) >= 11 is 0. The van der Waals surface area contributed by atoms with E-state index in [0.717, 1.165) is 23.8 Å². The summed E-state index contributed by atoms with van der Waals surface area (Å²) in [6.45, 7) is 3.64. The maximum Gasteiger partial charge on any atom is 0.317 e. The Kier molecular flexibility index (Phi) is 5.84. The van der Waals surface area contributed by atoms with Crippen molar-refractivity contribution in [1.29, 1.82) is 0 Å². The first kappa shape index (κ1) is 18.8. The van der Waals surface area contributed by atoms with Gasteiger partial charge in [0.25, 0.3) is 11.6 Å². The van der Waals surface area contributed by atoms with Crippen LogP contribution in [0.4, 0.5) is 17.1 Å². The van der Waals surface area contributed by atoms with Crippen molar-refractivity contribution in [3.63, 3.8) is 0 Å². The van der Waals surface area contributed by atoms with Gasteiger partial charge in [-0.05, 0) is 29.7 Å². The number of amides is 1. The van der Waals surface area contributed by atoms with Gasteiger partial charge in [-0.15, -0.1) is 0 Å². The minimum absolute atomic E-state index is 0.217. The third-order valence-electron chi connectivity index (χ3n) is 3.57. The number of nitrogens with one attached hydrogen (secondary N) is 1. The average molecular weight is 359 g/mol. The number of nitro benzene ring substituents is 2. The van der Waals surface area contributed by atoms with Gasteiger partial charge in [-0.25, -0.2) is 0 Å². The molecule has 0 atom stereocenters. The first-order chi connectivity index (χ1) is 12.3. The van der Waals surface area contributed by atoms with Crippen LogP contribution in [0.5, 0.6) is 5.75 Å². The molecule has 26 heavy (non-hydrogen) atoms. The Balaban J connectivity index is 2.02. The summed E-state index contributed by atoms with van der Waals surface area (Å²) in [6, 6.07) is 10.2. The number of anilines is 1. The zero-order valence-electron chi connectivity index (χ0n) is 14.2. The number of carbonyl (C=O) groups is 1. The molecule has 1 amide bonds. The fourth-order valence-corrected chi connectivity index (χ4v) is 2.18. The Morgan fingerprint density at radius 2 is 1.73 bits per heavy atom. The lowest BCUT2D eigenvalue weighted by Gasteiger charge is -2.09. The maximum atomic E-state index is 11.9. The number of nitro groups is 2. The highest BCUT2D eigenvalue weighted by atomic mass is 16.6. The monoisotopic (exact) mass is 359 g/mol. The second kappa shape index (κ2) is 8.06. The quantitative estimate of drug-likeness (QED) is 0.594. The lowest BCUT2D eigenvalue weighted by atomic mass is 10.0. The summed E-state index contributed by atoms with van der Waals surface area (Å²) in [4.78, 5) is 32.1. The molecule has 1 N–H and O–H groups in total. The van der Waals surface area contributed by atoms with Gasteiger partial charge in [0.2, 0.25) is 0 Å². The summed E-state index contributed by atoms with van der Waals surface area (Å²) in [5, 5.41) is 24.3. The lowest BCUT2D eigenvalue weighted by Crippen LogP contribution is -2.20. The summed E-state index contributed by atoms with van der Waals surface area (Å²) in [7, 11) is 0. The molecule has 0 aliphatic carbocycles. The molecule has 0 aliphatic rings. The summed E-state index contributed by atoms with van der Waals surface area (Å²) in [5.41, 5.74) is 0.689. The van der Waals surface area contributed by atoms with Gasteiger partial charge in [-0.3, -0.25) is 25.0 Å². The predicted octanol–water partition coefficient (Wildman–Crippen LogP) is 3.64. The summed E-state index contributed by atoms with van der Waals surface area (Å²) < 4.78 is 5.15. The van der Waals surface area contributed by atoms with Crippen molar-refractivity contribution < 1.29 is 19.4 Å². The smallest absolute Gasteiger partial charge is 0.317 e. The van der Waals surface area contributed by atoms with Crippen molar-refractivity contribution in [3.05, 3.63) is 68.3 Å². The van der Waals surface area contributed by atoms with Gasteiger partial charge in [0.05, 0.1) is 15.9 Å². The van der Waals surface area contributed by atoms with E-state index >= 15 is 0 Å². The van der Waals surface area contributed by atoms with E-state index < -0.39 is 33.7 Å². The van der Waals surface area contributed by atoms with E-state index in [-0.39, 0.29) is 5.75 Å². The van der Waals surface area contributed by atoms with Crippen molar-refractivity contribution in [2.45, 2.75) is 19.8 Å². The first-order valence-corrected chi connectivity index (χ1v) is 7.73. The van der Waals surface area contributed by atoms with Crippen LogP contribution in [-0.4, -0.2) is 22.4 Å². The van der Waals surface area contributed by atoms with E-state index in [0.29, 0.717) is 11.6 Å². The van der Waals surface area contributed by atoms with Crippen LogP contribution >= 0.6 is 0 Å². The van der Waals surface area contributed by atoms with Crippen molar-refractivity contribution in [2.24, 2.45) is 0 Å². The van der Waals surface area contributed by atoms with E-state index in [1.807, 2.05) is 12.1 Å². The van der Waals surface area contributed by atoms with E-state index in [2.05, 4.69) is 19.2 Å². The Morgan fingerprint density at radius 1 is 1.08 bits per heavy atom. The molecular weight excluding hydrogens is 342 g/mol. The third kappa shape index (κ3) is 4.76. The van der Waals surface area contributed by atoms with E-state index in [1.54, 1.807) is 12.1 Å². The minimum Gasteiger partial charge on any atom is -0.477 e. The molecule has 0 saturated carbocycles. The molecule has 9 heteroatoms. The van der Waals surface area contributed by atoms with Gasteiger partial charge in [-0.2, -0.15) is 0 Å². The van der Waals surface area contributed by atoms with Gasteiger partial charge < -0.3 is 10.1 Å². The number of carbonyl (C=O) groups excluding carboxylic acids is 1. The number of benzene rings is 2. The number of ether oxygens (including phenoxy) is 1. The zero-order valence-corrected chi connectivity index (χ0v) is 14.2. The molecule has 0 radical (unpaired) electrons. The van der Waals surface area contributed by atoms with Crippen LogP contribution in [-0.2, 0) is 4.79 Å². The highest BCUT2D eigenvalue weighted by molar-refractivity contribution is 5.91. The average Bonchev–Trinajstić information content (AvgIpc) is 2.60. The van der Waals surface area contributed by atoms with Crippen molar-refractivity contribution in [2.75, 3.05) is 11.9 Å². The number of nitrogens with zero attached hydrogens (tertiary/aromatic N) is 2. The number of non-ortho nitro benzene ring substituents is 1.